The molecule has 114 valence electrons. The van der Waals surface area contributed by atoms with Gasteiger partial charge in [0.1, 0.15) is 11.6 Å². The number of hydrogen-bond acceptors (Lipinski definition) is 4. The number of anilines is 1. The lowest BCUT2D eigenvalue weighted by molar-refractivity contribution is -0.160. The Kier molecular flexibility index (Phi) is 4.36. The summed E-state index contributed by atoms with van der Waals surface area (Å²) in [6, 6.07) is -0.937. The number of nitrogens with two attached hydrogens (primary N) is 1. The predicted molar refractivity (Wildman–Crippen MR) is 66.8 cm³/mol. The zero-order chi connectivity index (χ0) is 15.7. The van der Waals surface area contributed by atoms with Crippen molar-refractivity contribution >= 4 is 11.7 Å². The molecular formula is C12H18F3N3O2. The Bertz CT molecular complexity index is 489. The first-order valence-corrected chi connectivity index (χ1v) is 6.10. The molecule has 1 atom stereocenters. The van der Waals surface area contributed by atoms with E-state index >= 15 is 0 Å². The summed E-state index contributed by atoms with van der Waals surface area (Å²) in [4.78, 5) is 12.0. The molecule has 0 aliphatic rings. The van der Waals surface area contributed by atoms with Gasteiger partial charge in [-0.25, -0.2) is 4.79 Å². The van der Waals surface area contributed by atoms with Gasteiger partial charge in [0.05, 0.1) is 5.69 Å². The quantitative estimate of drug-likeness (QED) is 0.870. The van der Waals surface area contributed by atoms with Crippen LogP contribution in [0, 0.1) is 0 Å². The zero-order valence-corrected chi connectivity index (χ0v) is 11.8. The number of aromatic nitrogens is 2. The first-order chi connectivity index (χ1) is 8.95. The average molecular weight is 293 g/mol. The summed E-state index contributed by atoms with van der Waals surface area (Å²) in [5, 5.41) is 3.37. The number of nitrogens with zero attached hydrogens (tertiary/aromatic N) is 2. The molecular weight excluding hydrogens is 275 g/mol. The van der Waals surface area contributed by atoms with Crippen molar-refractivity contribution in [3.8, 4) is 0 Å². The van der Waals surface area contributed by atoms with E-state index in [1.165, 1.54) is 0 Å². The van der Waals surface area contributed by atoms with Gasteiger partial charge in [0.2, 0.25) is 0 Å². The molecule has 0 saturated carbocycles. The van der Waals surface area contributed by atoms with E-state index in [2.05, 4.69) is 5.10 Å². The molecule has 20 heavy (non-hydrogen) atoms. The van der Waals surface area contributed by atoms with Crippen LogP contribution in [0.2, 0.25) is 0 Å². The number of ether oxygens (including phenoxy) is 1. The first-order valence-electron chi connectivity index (χ1n) is 6.10. The van der Waals surface area contributed by atoms with Gasteiger partial charge in [0.15, 0.2) is 5.69 Å². The van der Waals surface area contributed by atoms with E-state index in [9.17, 15) is 18.0 Å². The Morgan fingerprint density at radius 3 is 2.35 bits per heavy atom. The van der Waals surface area contributed by atoms with Crippen LogP contribution in [0.15, 0.2) is 6.20 Å². The summed E-state index contributed by atoms with van der Waals surface area (Å²) >= 11 is 0. The molecule has 5 nitrogen and oxygen atoms in total. The number of alkyl halides is 3. The second kappa shape index (κ2) is 5.34. The number of carbonyl (C=O) groups is 1. The van der Waals surface area contributed by atoms with E-state index in [-0.39, 0.29) is 6.42 Å². The normalized spacial score (nSPS) is 14.2. The lowest BCUT2D eigenvalue weighted by Crippen LogP contribution is -2.30. The summed E-state index contributed by atoms with van der Waals surface area (Å²) in [6.07, 6.45) is -3.41. The maximum atomic E-state index is 12.6. The van der Waals surface area contributed by atoms with Crippen molar-refractivity contribution < 1.29 is 22.7 Å². The highest BCUT2D eigenvalue weighted by atomic mass is 19.4. The fourth-order valence-electron chi connectivity index (χ4n) is 1.62. The molecule has 0 bridgehead atoms. The van der Waals surface area contributed by atoms with Crippen LogP contribution in [0.5, 0.6) is 0 Å². The second-order valence-corrected chi connectivity index (χ2v) is 5.37. The average Bonchev–Trinajstić information content (AvgIpc) is 2.57. The number of rotatable bonds is 3. The van der Waals surface area contributed by atoms with E-state index < -0.39 is 35.2 Å². The van der Waals surface area contributed by atoms with Crippen LogP contribution >= 0.6 is 0 Å². The monoisotopic (exact) mass is 293 g/mol. The van der Waals surface area contributed by atoms with Gasteiger partial charge >= 0.3 is 12.1 Å². The molecule has 2 N–H and O–H groups in total. The Morgan fingerprint density at radius 2 is 2.00 bits per heavy atom. The molecule has 1 aromatic rings. The maximum absolute atomic E-state index is 12.6. The van der Waals surface area contributed by atoms with E-state index in [0.717, 1.165) is 10.9 Å². The van der Waals surface area contributed by atoms with Crippen molar-refractivity contribution in [2.24, 2.45) is 0 Å². The number of hydrogen-bond donors (Lipinski definition) is 1. The van der Waals surface area contributed by atoms with Gasteiger partial charge in [-0.2, -0.15) is 18.3 Å². The minimum atomic E-state index is -4.65. The van der Waals surface area contributed by atoms with Gasteiger partial charge in [-0.3, -0.25) is 4.68 Å². The van der Waals surface area contributed by atoms with E-state index in [4.69, 9.17) is 10.5 Å². The molecule has 1 unspecified atom stereocenters. The van der Waals surface area contributed by atoms with Crippen molar-refractivity contribution in [1.82, 2.24) is 9.78 Å². The van der Waals surface area contributed by atoms with Gasteiger partial charge in [0.25, 0.3) is 0 Å². The molecule has 1 aromatic heterocycles. The highest BCUT2D eigenvalue weighted by molar-refractivity contribution is 5.74. The fraction of sp³-hybridized carbons (Fsp3) is 0.667. The standard InChI is InChI=1S/C12H18F3N3O2/c1-5-8(10(19)20-11(2,3)4)18-6-7(16)9(17-18)12(13,14)15/h6,8H,5,16H2,1-4H3. The second-order valence-electron chi connectivity index (χ2n) is 5.37. The Labute approximate surface area is 114 Å². The molecule has 0 amide bonds. The van der Waals surface area contributed by atoms with Crippen LogP contribution in [-0.4, -0.2) is 21.4 Å². The van der Waals surface area contributed by atoms with Gasteiger partial charge in [-0.1, -0.05) is 6.92 Å². The highest BCUT2D eigenvalue weighted by Crippen LogP contribution is 2.33. The molecule has 0 aromatic carbocycles. The van der Waals surface area contributed by atoms with Gasteiger partial charge < -0.3 is 10.5 Å². The Balaban J connectivity index is 3.05. The van der Waals surface area contributed by atoms with Gasteiger partial charge in [-0.05, 0) is 27.2 Å². The summed E-state index contributed by atoms with van der Waals surface area (Å²) in [5.41, 5.74) is 2.86. The Morgan fingerprint density at radius 1 is 1.45 bits per heavy atom. The summed E-state index contributed by atoms with van der Waals surface area (Å²) < 4.78 is 44.0. The lowest BCUT2D eigenvalue weighted by Gasteiger charge is -2.23. The summed E-state index contributed by atoms with van der Waals surface area (Å²) in [5.74, 6) is -0.642. The molecule has 0 aliphatic heterocycles. The molecule has 0 radical (unpaired) electrons. The molecule has 0 aliphatic carbocycles. The number of halogens is 3. The van der Waals surface area contributed by atoms with E-state index in [0.29, 0.717) is 0 Å². The maximum Gasteiger partial charge on any atom is 0.437 e. The smallest absolute Gasteiger partial charge is 0.437 e. The van der Waals surface area contributed by atoms with Crippen molar-refractivity contribution in [2.75, 3.05) is 5.73 Å². The molecule has 1 rings (SSSR count). The van der Waals surface area contributed by atoms with Gasteiger partial charge in [-0.15, -0.1) is 0 Å². The predicted octanol–water partition coefficient (Wildman–Crippen LogP) is 2.78. The SMILES string of the molecule is CCC(C(=O)OC(C)(C)C)n1cc(N)c(C(F)(F)F)n1. The topological polar surface area (TPSA) is 70.1 Å². The summed E-state index contributed by atoms with van der Waals surface area (Å²) in [7, 11) is 0. The van der Waals surface area contributed by atoms with Crippen LogP contribution in [0.25, 0.3) is 0 Å². The fourth-order valence-corrected chi connectivity index (χ4v) is 1.62. The summed E-state index contributed by atoms with van der Waals surface area (Å²) in [6.45, 7) is 6.68. The minimum absolute atomic E-state index is 0.243. The van der Waals surface area contributed by atoms with E-state index in [1.54, 1.807) is 27.7 Å². The Hall–Kier alpha value is -1.73. The highest BCUT2D eigenvalue weighted by Gasteiger charge is 2.38. The third-order valence-corrected chi connectivity index (χ3v) is 2.41. The van der Waals surface area contributed by atoms with Crippen LogP contribution in [0.3, 0.4) is 0 Å². The molecule has 1 heterocycles. The first kappa shape index (κ1) is 16.3. The zero-order valence-electron chi connectivity index (χ0n) is 11.8. The number of nitrogen functional groups attached to an aromatic ring is 1. The van der Waals surface area contributed by atoms with E-state index in [1.807, 2.05) is 0 Å². The molecule has 8 heteroatoms. The number of carbonyl (C=O) groups excluding carboxylic acids is 1. The lowest BCUT2D eigenvalue weighted by atomic mass is 10.1. The van der Waals surface area contributed by atoms with Crippen LogP contribution in [0.1, 0.15) is 45.9 Å². The van der Waals surface area contributed by atoms with Crippen molar-refractivity contribution in [2.45, 2.75) is 51.9 Å². The van der Waals surface area contributed by atoms with Crippen molar-refractivity contribution in [3.05, 3.63) is 11.9 Å². The van der Waals surface area contributed by atoms with Gasteiger partial charge in [0, 0.05) is 6.20 Å². The third-order valence-electron chi connectivity index (χ3n) is 2.41. The van der Waals surface area contributed by atoms with Crippen LogP contribution in [-0.2, 0) is 15.7 Å². The molecule has 0 fully saturated rings. The number of esters is 1. The largest absolute Gasteiger partial charge is 0.458 e. The molecule has 0 saturated heterocycles. The minimum Gasteiger partial charge on any atom is -0.458 e. The van der Waals surface area contributed by atoms with Crippen LogP contribution < -0.4 is 5.73 Å². The molecule has 0 spiro atoms. The van der Waals surface area contributed by atoms with Crippen molar-refractivity contribution in [3.63, 3.8) is 0 Å². The third kappa shape index (κ3) is 3.88. The van der Waals surface area contributed by atoms with Crippen molar-refractivity contribution in [1.29, 1.82) is 0 Å². The van der Waals surface area contributed by atoms with Crippen LogP contribution in [0.4, 0.5) is 18.9 Å².